The zero-order chi connectivity index (χ0) is 9.10. The topological polar surface area (TPSA) is 38.5 Å². The van der Waals surface area contributed by atoms with Crippen LogP contribution in [-0.4, -0.2) is 54.8 Å². The lowest BCUT2D eigenvalue weighted by Gasteiger charge is -2.36. The first-order valence-corrected chi connectivity index (χ1v) is 6.19. The summed E-state index contributed by atoms with van der Waals surface area (Å²) in [5.74, 6) is 2.63. The van der Waals surface area contributed by atoms with Gasteiger partial charge in [0.05, 0.1) is 12.7 Å². The Morgan fingerprint density at radius 3 is 3.15 bits per heavy atom. The standard InChI is InChI=1S/C9H18N2OS/c10-5-9-6-11(2-3-12-9)8-1-4-13-7-8/h8-9H,1-7,10H2. The molecule has 0 aliphatic carbocycles. The third-order valence-electron chi connectivity index (χ3n) is 2.86. The minimum Gasteiger partial charge on any atom is -0.374 e. The van der Waals surface area contributed by atoms with Crippen LogP contribution >= 0.6 is 11.8 Å². The first-order chi connectivity index (χ1) is 6.40. The molecule has 0 radical (unpaired) electrons. The van der Waals surface area contributed by atoms with Gasteiger partial charge in [0, 0.05) is 31.4 Å². The first-order valence-electron chi connectivity index (χ1n) is 5.03. The highest BCUT2D eigenvalue weighted by atomic mass is 32.2. The van der Waals surface area contributed by atoms with Gasteiger partial charge < -0.3 is 10.5 Å². The summed E-state index contributed by atoms with van der Waals surface area (Å²) in [6, 6.07) is 0.794. The molecule has 0 bridgehead atoms. The molecule has 2 aliphatic heterocycles. The average Bonchev–Trinajstić information content (AvgIpc) is 2.71. The molecule has 2 atom stereocenters. The van der Waals surface area contributed by atoms with E-state index in [1.165, 1.54) is 17.9 Å². The van der Waals surface area contributed by atoms with Gasteiger partial charge in [-0.2, -0.15) is 11.8 Å². The summed E-state index contributed by atoms with van der Waals surface area (Å²) in [6.45, 7) is 3.67. The number of thioether (sulfide) groups is 1. The van der Waals surface area contributed by atoms with Gasteiger partial charge in [0.2, 0.25) is 0 Å². The molecule has 13 heavy (non-hydrogen) atoms. The predicted octanol–water partition coefficient (Wildman–Crippen LogP) is 0.151. The Balaban J connectivity index is 1.84. The highest BCUT2D eigenvalue weighted by Gasteiger charge is 2.27. The van der Waals surface area contributed by atoms with Crippen LogP contribution in [0.15, 0.2) is 0 Å². The number of ether oxygens (including phenoxy) is 1. The Kier molecular flexibility index (Phi) is 3.49. The Labute approximate surface area is 84.0 Å². The van der Waals surface area contributed by atoms with E-state index in [-0.39, 0.29) is 6.10 Å². The second-order valence-electron chi connectivity index (χ2n) is 3.74. The van der Waals surface area contributed by atoms with E-state index in [1.807, 2.05) is 0 Å². The summed E-state index contributed by atoms with van der Waals surface area (Å²) in [6.07, 6.45) is 1.63. The molecule has 2 unspecified atom stereocenters. The summed E-state index contributed by atoms with van der Waals surface area (Å²) in [7, 11) is 0. The van der Waals surface area contributed by atoms with Crippen molar-refractivity contribution >= 4 is 11.8 Å². The van der Waals surface area contributed by atoms with Crippen LogP contribution in [0.2, 0.25) is 0 Å². The van der Waals surface area contributed by atoms with Crippen LogP contribution in [0.1, 0.15) is 6.42 Å². The van der Waals surface area contributed by atoms with Crippen molar-refractivity contribution in [2.75, 3.05) is 37.7 Å². The van der Waals surface area contributed by atoms with E-state index in [0.29, 0.717) is 6.54 Å². The third-order valence-corrected chi connectivity index (χ3v) is 4.00. The number of morpholine rings is 1. The minimum absolute atomic E-state index is 0.277. The molecule has 0 aromatic rings. The molecule has 76 valence electrons. The van der Waals surface area contributed by atoms with Gasteiger partial charge in [-0.25, -0.2) is 0 Å². The summed E-state index contributed by atoms with van der Waals surface area (Å²) in [5, 5.41) is 0. The fraction of sp³-hybridized carbons (Fsp3) is 1.00. The summed E-state index contributed by atoms with van der Waals surface area (Å²) in [4.78, 5) is 2.56. The maximum atomic E-state index is 5.61. The smallest absolute Gasteiger partial charge is 0.0824 e. The average molecular weight is 202 g/mol. The molecule has 0 saturated carbocycles. The summed E-state index contributed by atoms with van der Waals surface area (Å²) >= 11 is 2.07. The number of hydrogen-bond acceptors (Lipinski definition) is 4. The molecule has 2 rings (SSSR count). The van der Waals surface area contributed by atoms with Crippen molar-refractivity contribution in [3.05, 3.63) is 0 Å². The molecule has 2 saturated heterocycles. The van der Waals surface area contributed by atoms with Crippen LogP contribution in [0.3, 0.4) is 0 Å². The van der Waals surface area contributed by atoms with Crippen molar-refractivity contribution in [3.8, 4) is 0 Å². The Bertz CT molecular complexity index is 162. The Morgan fingerprint density at radius 1 is 1.54 bits per heavy atom. The summed E-state index contributed by atoms with van der Waals surface area (Å²) in [5.41, 5.74) is 5.61. The Morgan fingerprint density at radius 2 is 2.46 bits per heavy atom. The fourth-order valence-electron chi connectivity index (χ4n) is 2.03. The van der Waals surface area contributed by atoms with Crippen LogP contribution < -0.4 is 5.73 Å². The predicted molar refractivity (Wildman–Crippen MR) is 56.1 cm³/mol. The van der Waals surface area contributed by atoms with Crippen molar-refractivity contribution in [1.82, 2.24) is 4.90 Å². The van der Waals surface area contributed by atoms with Crippen LogP contribution in [0.25, 0.3) is 0 Å². The number of hydrogen-bond donors (Lipinski definition) is 1. The van der Waals surface area contributed by atoms with Gasteiger partial charge >= 0.3 is 0 Å². The molecular formula is C9H18N2OS. The van der Waals surface area contributed by atoms with Gasteiger partial charge in [-0.3, -0.25) is 4.90 Å². The van der Waals surface area contributed by atoms with E-state index < -0.39 is 0 Å². The maximum absolute atomic E-state index is 5.61. The van der Waals surface area contributed by atoms with Crippen LogP contribution in [0, 0.1) is 0 Å². The van der Waals surface area contributed by atoms with Crippen molar-refractivity contribution in [3.63, 3.8) is 0 Å². The third kappa shape index (κ3) is 2.37. The minimum atomic E-state index is 0.277. The summed E-state index contributed by atoms with van der Waals surface area (Å²) < 4.78 is 5.54. The zero-order valence-corrected chi connectivity index (χ0v) is 8.76. The molecule has 4 heteroatoms. The van der Waals surface area contributed by atoms with E-state index in [9.17, 15) is 0 Å². The van der Waals surface area contributed by atoms with Gasteiger partial charge in [0.15, 0.2) is 0 Å². The van der Waals surface area contributed by atoms with E-state index >= 15 is 0 Å². The number of rotatable bonds is 2. The Hall–Kier alpha value is 0.230. The van der Waals surface area contributed by atoms with Gasteiger partial charge in [0.1, 0.15) is 0 Å². The molecule has 3 nitrogen and oxygen atoms in total. The highest BCUT2D eigenvalue weighted by molar-refractivity contribution is 7.99. The maximum Gasteiger partial charge on any atom is 0.0824 e. The van der Waals surface area contributed by atoms with Crippen LogP contribution in [-0.2, 0) is 4.74 Å². The normalized spacial score (nSPS) is 36.7. The van der Waals surface area contributed by atoms with Crippen molar-refractivity contribution in [2.45, 2.75) is 18.6 Å². The highest BCUT2D eigenvalue weighted by Crippen LogP contribution is 2.23. The van der Waals surface area contributed by atoms with Crippen molar-refractivity contribution in [1.29, 1.82) is 0 Å². The number of nitrogens with zero attached hydrogens (tertiary/aromatic N) is 1. The van der Waals surface area contributed by atoms with Gasteiger partial charge in [-0.05, 0) is 12.2 Å². The SMILES string of the molecule is NCC1CN(C2CCSC2)CCO1. The molecule has 2 aliphatic rings. The van der Waals surface area contributed by atoms with Crippen molar-refractivity contribution < 1.29 is 4.74 Å². The van der Waals surface area contributed by atoms with E-state index in [0.717, 1.165) is 25.7 Å². The molecular weight excluding hydrogens is 184 g/mol. The second kappa shape index (κ2) is 4.64. The lowest BCUT2D eigenvalue weighted by atomic mass is 10.2. The first kappa shape index (κ1) is 9.77. The molecule has 0 spiro atoms. The van der Waals surface area contributed by atoms with Gasteiger partial charge in [-0.1, -0.05) is 0 Å². The largest absolute Gasteiger partial charge is 0.374 e. The molecule has 2 N–H and O–H groups in total. The monoisotopic (exact) mass is 202 g/mol. The lowest BCUT2D eigenvalue weighted by Crippen LogP contribution is -2.49. The van der Waals surface area contributed by atoms with E-state index in [1.54, 1.807) is 0 Å². The molecule has 2 heterocycles. The van der Waals surface area contributed by atoms with Gasteiger partial charge in [0.25, 0.3) is 0 Å². The van der Waals surface area contributed by atoms with Crippen LogP contribution in [0.5, 0.6) is 0 Å². The molecule has 2 fully saturated rings. The van der Waals surface area contributed by atoms with Crippen molar-refractivity contribution in [2.24, 2.45) is 5.73 Å². The lowest BCUT2D eigenvalue weighted by molar-refractivity contribution is -0.0348. The zero-order valence-electron chi connectivity index (χ0n) is 7.95. The van der Waals surface area contributed by atoms with E-state index in [4.69, 9.17) is 10.5 Å². The van der Waals surface area contributed by atoms with Gasteiger partial charge in [-0.15, -0.1) is 0 Å². The van der Waals surface area contributed by atoms with E-state index in [2.05, 4.69) is 16.7 Å². The second-order valence-corrected chi connectivity index (χ2v) is 4.89. The number of nitrogens with two attached hydrogens (primary N) is 1. The molecule has 0 aromatic carbocycles. The molecule has 0 aromatic heterocycles. The fourth-order valence-corrected chi connectivity index (χ4v) is 3.28. The quantitative estimate of drug-likeness (QED) is 0.692. The molecule has 0 amide bonds. The van der Waals surface area contributed by atoms with Crippen LogP contribution in [0.4, 0.5) is 0 Å².